The summed E-state index contributed by atoms with van der Waals surface area (Å²) >= 11 is 1.39. The van der Waals surface area contributed by atoms with E-state index in [0.29, 0.717) is 17.4 Å². The summed E-state index contributed by atoms with van der Waals surface area (Å²) in [7, 11) is 0. The monoisotopic (exact) mass is 306 g/mol. The number of carbonyl (C=O) groups is 1. The molecule has 0 spiro atoms. The van der Waals surface area contributed by atoms with Gasteiger partial charge in [0.2, 0.25) is 0 Å². The van der Waals surface area contributed by atoms with E-state index in [1.165, 1.54) is 11.3 Å². The Labute approximate surface area is 127 Å². The molecule has 0 amide bonds. The minimum atomic E-state index is -0.991. The number of rotatable bonds is 6. The van der Waals surface area contributed by atoms with Gasteiger partial charge in [-0.25, -0.2) is 4.98 Å². The number of hydrogen-bond donors (Lipinski definition) is 2. The van der Waals surface area contributed by atoms with Crippen LogP contribution in [0, 0.1) is 0 Å². The van der Waals surface area contributed by atoms with Crippen LogP contribution >= 0.6 is 11.3 Å². The molecule has 1 heterocycles. The van der Waals surface area contributed by atoms with Crippen LogP contribution in [0.25, 0.3) is 0 Å². The second-order valence-electron chi connectivity index (χ2n) is 5.05. The first-order chi connectivity index (χ1) is 9.93. The van der Waals surface area contributed by atoms with E-state index < -0.39 is 11.4 Å². The van der Waals surface area contributed by atoms with Crippen LogP contribution in [0.4, 0.5) is 10.8 Å². The van der Waals surface area contributed by atoms with Crippen LogP contribution in [0.3, 0.4) is 0 Å². The number of nitrogens with zero attached hydrogens (tertiary/aromatic N) is 1. The number of carboxylic acid groups (broad SMARTS) is 1. The molecule has 2 rings (SSSR count). The molecule has 0 bridgehead atoms. The molecular formula is C15H18N2O3S. The summed E-state index contributed by atoms with van der Waals surface area (Å²) in [5.41, 5.74) is 0.441. The zero-order valence-electron chi connectivity index (χ0n) is 12.2. The minimum Gasteiger partial charge on any atom is -0.494 e. The third-order valence-corrected chi connectivity index (χ3v) is 3.85. The number of benzene rings is 1. The van der Waals surface area contributed by atoms with Crippen molar-refractivity contribution < 1.29 is 14.6 Å². The Balaban J connectivity index is 2.10. The van der Waals surface area contributed by atoms with E-state index in [2.05, 4.69) is 10.3 Å². The van der Waals surface area contributed by atoms with Crippen LogP contribution in [-0.2, 0) is 10.2 Å². The molecule has 1 aromatic heterocycles. The Kier molecular flexibility index (Phi) is 4.47. The van der Waals surface area contributed by atoms with Crippen molar-refractivity contribution >= 4 is 28.1 Å². The quantitative estimate of drug-likeness (QED) is 0.852. The van der Waals surface area contributed by atoms with Gasteiger partial charge in [-0.15, -0.1) is 11.3 Å². The van der Waals surface area contributed by atoms with E-state index in [0.717, 1.165) is 11.4 Å². The average molecular weight is 306 g/mol. The summed E-state index contributed by atoms with van der Waals surface area (Å²) < 4.78 is 5.38. The summed E-state index contributed by atoms with van der Waals surface area (Å²) in [4.78, 5) is 15.6. The number of carboxylic acids is 1. The zero-order chi connectivity index (χ0) is 15.5. The van der Waals surface area contributed by atoms with Crippen molar-refractivity contribution in [3.8, 4) is 5.75 Å². The van der Waals surface area contributed by atoms with Gasteiger partial charge in [0.25, 0.3) is 0 Å². The molecule has 0 saturated carbocycles. The van der Waals surface area contributed by atoms with E-state index in [1.807, 2.05) is 31.2 Å². The number of anilines is 2. The first kappa shape index (κ1) is 15.3. The molecule has 0 atom stereocenters. The Morgan fingerprint density at radius 2 is 2.05 bits per heavy atom. The maximum atomic E-state index is 11.2. The van der Waals surface area contributed by atoms with Crippen LogP contribution in [-0.4, -0.2) is 22.7 Å². The highest BCUT2D eigenvalue weighted by molar-refractivity contribution is 7.13. The first-order valence-electron chi connectivity index (χ1n) is 6.62. The van der Waals surface area contributed by atoms with E-state index in [4.69, 9.17) is 4.74 Å². The molecule has 2 N–H and O–H groups in total. The van der Waals surface area contributed by atoms with Gasteiger partial charge in [-0.1, -0.05) is 0 Å². The van der Waals surface area contributed by atoms with Gasteiger partial charge >= 0.3 is 5.97 Å². The van der Waals surface area contributed by atoms with Crippen LogP contribution in [0.15, 0.2) is 29.6 Å². The molecule has 1 aromatic carbocycles. The van der Waals surface area contributed by atoms with Gasteiger partial charge in [-0.3, -0.25) is 4.79 Å². The van der Waals surface area contributed by atoms with Crippen molar-refractivity contribution in [3.63, 3.8) is 0 Å². The summed E-state index contributed by atoms with van der Waals surface area (Å²) in [5.74, 6) is -0.0738. The zero-order valence-corrected chi connectivity index (χ0v) is 13.0. The second-order valence-corrected chi connectivity index (χ2v) is 5.91. The number of hydrogen-bond acceptors (Lipinski definition) is 5. The molecule has 0 saturated heterocycles. The standard InChI is InChI=1S/C15H18N2O3S/c1-4-20-11-7-5-10(6-8-11)16-14-17-12(9-21-14)15(2,3)13(18)19/h5-9H,4H2,1-3H3,(H,16,17)(H,18,19). The van der Waals surface area contributed by atoms with Gasteiger partial charge in [-0.2, -0.15) is 0 Å². The molecule has 0 radical (unpaired) electrons. The van der Waals surface area contributed by atoms with Gasteiger partial charge in [0.1, 0.15) is 11.2 Å². The lowest BCUT2D eigenvalue weighted by Crippen LogP contribution is -2.28. The van der Waals surface area contributed by atoms with Crippen LogP contribution in [0.2, 0.25) is 0 Å². The number of nitrogens with one attached hydrogen (secondary N) is 1. The van der Waals surface area contributed by atoms with Gasteiger partial charge < -0.3 is 15.2 Å². The van der Waals surface area contributed by atoms with Crippen molar-refractivity contribution in [1.29, 1.82) is 0 Å². The fourth-order valence-corrected chi connectivity index (χ4v) is 2.55. The number of aromatic nitrogens is 1. The van der Waals surface area contributed by atoms with Crippen molar-refractivity contribution in [2.75, 3.05) is 11.9 Å². The smallest absolute Gasteiger partial charge is 0.315 e. The van der Waals surface area contributed by atoms with E-state index in [1.54, 1.807) is 19.2 Å². The Hall–Kier alpha value is -2.08. The maximum absolute atomic E-state index is 11.2. The summed E-state index contributed by atoms with van der Waals surface area (Å²) in [6.07, 6.45) is 0. The van der Waals surface area contributed by atoms with Gasteiger partial charge in [0.15, 0.2) is 5.13 Å². The summed E-state index contributed by atoms with van der Waals surface area (Å²) in [6, 6.07) is 7.55. The molecule has 0 aliphatic heterocycles. The Morgan fingerprint density at radius 1 is 1.38 bits per heavy atom. The molecule has 6 heteroatoms. The highest BCUT2D eigenvalue weighted by Gasteiger charge is 2.32. The first-order valence-corrected chi connectivity index (χ1v) is 7.50. The molecule has 21 heavy (non-hydrogen) atoms. The minimum absolute atomic E-state index is 0.549. The lowest BCUT2D eigenvalue weighted by molar-refractivity contribution is -0.142. The molecule has 0 aliphatic rings. The van der Waals surface area contributed by atoms with Crippen molar-refractivity contribution in [2.45, 2.75) is 26.2 Å². The van der Waals surface area contributed by atoms with Gasteiger partial charge in [-0.05, 0) is 45.0 Å². The van der Waals surface area contributed by atoms with Crippen molar-refractivity contribution in [2.24, 2.45) is 0 Å². The lowest BCUT2D eigenvalue weighted by atomic mass is 9.90. The fourth-order valence-electron chi connectivity index (χ4n) is 1.65. The largest absolute Gasteiger partial charge is 0.494 e. The molecule has 0 aliphatic carbocycles. The van der Waals surface area contributed by atoms with Gasteiger partial charge in [0, 0.05) is 11.1 Å². The number of aliphatic carboxylic acids is 1. The van der Waals surface area contributed by atoms with Crippen LogP contribution < -0.4 is 10.1 Å². The van der Waals surface area contributed by atoms with Crippen molar-refractivity contribution in [1.82, 2.24) is 4.98 Å². The fraction of sp³-hybridized carbons (Fsp3) is 0.333. The van der Waals surface area contributed by atoms with Crippen molar-refractivity contribution in [3.05, 3.63) is 35.3 Å². The van der Waals surface area contributed by atoms with E-state index in [-0.39, 0.29) is 0 Å². The normalized spacial score (nSPS) is 11.2. The predicted molar refractivity (Wildman–Crippen MR) is 83.7 cm³/mol. The lowest BCUT2D eigenvalue weighted by Gasteiger charge is -2.15. The molecule has 5 nitrogen and oxygen atoms in total. The topological polar surface area (TPSA) is 71.5 Å². The third kappa shape index (κ3) is 3.52. The molecular weight excluding hydrogens is 288 g/mol. The maximum Gasteiger partial charge on any atom is 0.315 e. The number of ether oxygens (including phenoxy) is 1. The number of thiazole rings is 1. The van der Waals surface area contributed by atoms with E-state index in [9.17, 15) is 9.90 Å². The molecule has 2 aromatic rings. The predicted octanol–water partition coefficient (Wildman–Crippen LogP) is 3.65. The Bertz CT molecular complexity index is 620. The Morgan fingerprint density at radius 3 is 2.62 bits per heavy atom. The van der Waals surface area contributed by atoms with Crippen LogP contribution in [0.1, 0.15) is 26.5 Å². The SMILES string of the molecule is CCOc1ccc(Nc2nc(C(C)(C)C(=O)O)cs2)cc1. The molecule has 112 valence electrons. The highest BCUT2D eigenvalue weighted by atomic mass is 32.1. The van der Waals surface area contributed by atoms with E-state index >= 15 is 0 Å². The highest BCUT2D eigenvalue weighted by Crippen LogP contribution is 2.29. The van der Waals surface area contributed by atoms with Gasteiger partial charge in [0.05, 0.1) is 12.3 Å². The molecule has 0 unspecified atom stereocenters. The average Bonchev–Trinajstić information content (AvgIpc) is 2.90. The summed E-state index contributed by atoms with van der Waals surface area (Å²) in [5, 5.41) is 14.8. The molecule has 0 fully saturated rings. The summed E-state index contributed by atoms with van der Waals surface area (Å²) in [6.45, 7) is 5.86. The second kappa shape index (κ2) is 6.13. The van der Waals surface area contributed by atoms with Crippen LogP contribution in [0.5, 0.6) is 5.75 Å². The third-order valence-electron chi connectivity index (χ3n) is 3.10.